The Labute approximate surface area is 87.0 Å². The van der Waals surface area contributed by atoms with Crippen LogP contribution in [0.1, 0.15) is 17.9 Å². The van der Waals surface area contributed by atoms with E-state index in [0.29, 0.717) is 18.0 Å². The van der Waals surface area contributed by atoms with Crippen LogP contribution in [0.4, 0.5) is 8.78 Å². The van der Waals surface area contributed by atoms with Gasteiger partial charge in [0.1, 0.15) is 5.82 Å². The summed E-state index contributed by atoms with van der Waals surface area (Å²) in [6, 6.07) is 2.17. The van der Waals surface area contributed by atoms with E-state index < -0.39 is 11.6 Å². The quantitative estimate of drug-likeness (QED) is 0.833. The van der Waals surface area contributed by atoms with E-state index >= 15 is 0 Å². The van der Waals surface area contributed by atoms with Crippen molar-refractivity contribution >= 4 is 0 Å². The zero-order valence-electron chi connectivity index (χ0n) is 8.47. The largest absolute Gasteiger partial charge is 0.493 e. The molecule has 0 heterocycles. The third kappa shape index (κ3) is 1.81. The Morgan fingerprint density at radius 2 is 2.20 bits per heavy atom. The Balaban J connectivity index is 2.37. The van der Waals surface area contributed by atoms with E-state index in [1.807, 2.05) is 0 Å². The molecule has 15 heavy (non-hydrogen) atoms. The minimum absolute atomic E-state index is 0.148. The van der Waals surface area contributed by atoms with Gasteiger partial charge in [0.15, 0.2) is 11.6 Å². The van der Waals surface area contributed by atoms with E-state index in [2.05, 4.69) is 0 Å². The zero-order chi connectivity index (χ0) is 11.0. The van der Waals surface area contributed by atoms with Crippen LogP contribution in [0.15, 0.2) is 12.1 Å². The third-order valence-electron chi connectivity index (χ3n) is 2.87. The molecule has 2 nitrogen and oxygen atoms in total. The number of hydrogen-bond donors (Lipinski definition) is 1. The molecular weight excluding hydrogens is 200 g/mol. The van der Waals surface area contributed by atoms with Gasteiger partial charge >= 0.3 is 0 Å². The first-order valence-electron chi connectivity index (χ1n) is 4.90. The number of ether oxygens (including phenoxy) is 1. The molecule has 0 amide bonds. The van der Waals surface area contributed by atoms with Gasteiger partial charge in [0.25, 0.3) is 0 Å². The molecule has 82 valence electrons. The summed E-state index contributed by atoms with van der Waals surface area (Å²) in [5, 5.41) is 0. The number of halogens is 2. The number of benzene rings is 1. The van der Waals surface area contributed by atoms with Gasteiger partial charge in [-0.1, -0.05) is 0 Å². The second kappa shape index (κ2) is 3.77. The monoisotopic (exact) mass is 213 g/mol. The van der Waals surface area contributed by atoms with Crippen LogP contribution in [0.2, 0.25) is 0 Å². The van der Waals surface area contributed by atoms with Crippen molar-refractivity contribution in [1.82, 2.24) is 0 Å². The lowest BCUT2D eigenvalue weighted by Crippen LogP contribution is -2.03. The van der Waals surface area contributed by atoms with Crippen LogP contribution in [-0.4, -0.2) is 13.7 Å². The Bertz CT molecular complexity index is 381. The molecule has 1 aliphatic carbocycles. The molecule has 4 heteroatoms. The van der Waals surface area contributed by atoms with Gasteiger partial charge in [-0.25, -0.2) is 8.78 Å². The van der Waals surface area contributed by atoms with Crippen LogP contribution < -0.4 is 10.5 Å². The molecule has 0 aromatic heterocycles. The van der Waals surface area contributed by atoms with Crippen LogP contribution in [0, 0.1) is 17.6 Å². The fraction of sp³-hybridized carbons (Fsp3) is 0.455. The summed E-state index contributed by atoms with van der Waals surface area (Å²) in [6.07, 6.45) is 0.885. The molecule has 1 aromatic carbocycles. The SMILES string of the molecule is COc1c(F)cc(F)cc1C1CC1CN. The van der Waals surface area contributed by atoms with E-state index in [4.69, 9.17) is 10.5 Å². The molecular formula is C11H13F2NO. The second-order valence-electron chi connectivity index (χ2n) is 3.85. The molecule has 1 aromatic rings. The van der Waals surface area contributed by atoms with Gasteiger partial charge in [-0.2, -0.15) is 0 Å². The van der Waals surface area contributed by atoms with E-state index in [-0.39, 0.29) is 11.7 Å². The molecule has 2 unspecified atom stereocenters. The molecule has 1 fully saturated rings. The average Bonchev–Trinajstić information content (AvgIpc) is 2.95. The van der Waals surface area contributed by atoms with Crippen LogP contribution in [0.5, 0.6) is 5.75 Å². The molecule has 1 aliphatic rings. The van der Waals surface area contributed by atoms with Crippen molar-refractivity contribution in [2.45, 2.75) is 12.3 Å². The van der Waals surface area contributed by atoms with Crippen molar-refractivity contribution in [3.63, 3.8) is 0 Å². The van der Waals surface area contributed by atoms with E-state index in [1.54, 1.807) is 0 Å². The Morgan fingerprint density at radius 3 is 2.73 bits per heavy atom. The lowest BCUT2D eigenvalue weighted by Gasteiger charge is -2.09. The second-order valence-corrected chi connectivity index (χ2v) is 3.85. The summed E-state index contributed by atoms with van der Waals surface area (Å²) in [5.41, 5.74) is 6.10. The Hall–Kier alpha value is -1.16. The molecule has 1 saturated carbocycles. The number of methoxy groups -OCH3 is 1. The van der Waals surface area contributed by atoms with E-state index in [9.17, 15) is 8.78 Å². The molecule has 0 saturated heterocycles. The van der Waals surface area contributed by atoms with Crippen LogP contribution in [0.3, 0.4) is 0 Å². The van der Waals surface area contributed by atoms with E-state index in [0.717, 1.165) is 12.5 Å². The maximum absolute atomic E-state index is 13.3. The Morgan fingerprint density at radius 1 is 1.47 bits per heavy atom. The summed E-state index contributed by atoms with van der Waals surface area (Å²) < 4.78 is 31.3. The standard InChI is InChI=1S/C11H13F2NO/c1-15-11-9(8-2-6(8)5-14)3-7(12)4-10(11)13/h3-4,6,8H,2,5,14H2,1H3. The molecule has 0 radical (unpaired) electrons. The Kier molecular flexibility index (Phi) is 2.61. The zero-order valence-corrected chi connectivity index (χ0v) is 8.47. The van der Waals surface area contributed by atoms with Gasteiger partial charge in [0, 0.05) is 11.6 Å². The summed E-state index contributed by atoms with van der Waals surface area (Å²) in [7, 11) is 1.39. The molecule has 2 rings (SSSR count). The highest BCUT2D eigenvalue weighted by Crippen LogP contribution is 2.50. The highest BCUT2D eigenvalue weighted by atomic mass is 19.1. The highest BCUT2D eigenvalue weighted by Gasteiger charge is 2.39. The summed E-state index contributed by atoms with van der Waals surface area (Å²) >= 11 is 0. The minimum Gasteiger partial charge on any atom is -0.493 e. The third-order valence-corrected chi connectivity index (χ3v) is 2.87. The summed E-state index contributed by atoms with van der Waals surface area (Å²) in [6.45, 7) is 0.548. The maximum atomic E-state index is 13.3. The van der Waals surface area contributed by atoms with Gasteiger partial charge in [-0.15, -0.1) is 0 Å². The minimum atomic E-state index is -0.643. The molecule has 0 aliphatic heterocycles. The fourth-order valence-corrected chi connectivity index (χ4v) is 1.96. The normalized spacial score (nSPS) is 24.0. The molecule has 2 atom stereocenters. The van der Waals surface area contributed by atoms with Crippen molar-refractivity contribution in [3.8, 4) is 5.75 Å². The van der Waals surface area contributed by atoms with Gasteiger partial charge in [-0.05, 0) is 30.9 Å². The first-order valence-corrected chi connectivity index (χ1v) is 4.90. The van der Waals surface area contributed by atoms with Crippen molar-refractivity contribution < 1.29 is 13.5 Å². The smallest absolute Gasteiger partial charge is 0.168 e. The lowest BCUT2D eigenvalue weighted by molar-refractivity contribution is 0.378. The summed E-state index contributed by atoms with van der Waals surface area (Å²) in [5.74, 6) is -0.575. The fourth-order valence-electron chi connectivity index (χ4n) is 1.96. The van der Waals surface area contributed by atoms with Crippen molar-refractivity contribution in [3.05, 3.63) is 29.3 Å². The van der Waals surface area contributed by atoms with E-state index in [1.165, 1.54) is 13.2 Å². The predicted molar refractivity (Wildman–Crippen MR) is 52.8 cm³/mol. The first kappa shape index (κ1) is 10.4. The van der Waals surface area contributed by atoms with Crippen molar-refractivity contribution in [2.24, 2.45) is 11.7 Å². The number of rotatable bonds is 3. The van der Waals surface area contributed by atoms with Crippen LogP contribution >= 0.6 is 0 Å². The molecule has 2 N–H and O–H groups in total. The number of nitrogens with two attached hydrogens (primary N) is 1. The van der Waals surface area contributed by atoms with Gasteiger partial charge in [-0.3, -0.25) is 0 Å². The lowest BCUT2D eigenvalue weighted by atomic mass is 10.1. The van der Waals surface area contributed by atoms with Crippen LogP contribution in [-0.2, 0) is 0 Å². The van der Waals surface area contributed by atoms with Gasteiger partial charge in [0.05, 0.1) is 7.11 Å². The van der Waals surface area contributed by atoms with Gasteiger partial charge in [0.2, 0.25) is 0 Å². The van der Waals surface area contributed by atoms with Crippen molar-refractivity contribution in [1.29, 1.82) is 0 Å². The highest BCUT2D eigenvalue weighted by molar-refractivity contribution is 5.41. The van der Waals surface area contributed by atoms with Gasteiger partial charge < -0.3 is 10.5 Å². The van der Waals surface area contributed by atoms with Crippen molar-refractivity contribution in [2.75, 3.05) is 13.7 Å². The topological polar surface area (TPSA) is 35.2 Å². The number of hydrogen-bond acceptors (Lipinski definition) is 2. The molecule has 0 spiro atoms. The predicted octanol–water partition coefficient (Wildman–Crippen LogP) is 2.04. The summed E-state index contributed by atoms with van der Waals surface area (Å²) in [4.78, 5) is 0. The molecule has 0 bridgehead atoms. The first-order chi connectivity index (χ1) is 7.17. The average molecular weight is 213 g/mol. The maximum Gasteiger partial charge on any atom is 0.168 e. The van der Waals surface area contributed by atoms with Crippen LogP contribution in [0.25, 0.3) is 0 Å².